The van der Waals surface area contributed by atoms with Crippen LogP contribution >= 0.6 is 0 Å². The fraction of sp³-hybridized carbons (Fsp3) is 0.333. The molecule has 0 saturated carbocycles. The van der Waals surface area contributed by atoms with E-state index in [1.807, 2.05) is 32.6 Å². The zero-order valence-electron chi connectivity index (χ0n) is 14.1. The number of aromatic hydroxyl groups is 2. The van der Waals surface area contributed by atoms with Crippen LogP contribution in [0.5, 0.6) is 11.5 Å². The Hall–Kier alpha value is -2.18. The lowest BCUT2D eigenvalue weighted by atomic mass is 9.81. The van der Waals surface area contributed by atoms with Gasteiger partial charge in [0.1, 0.15) is 11.5 Å². The molecule has 0 radical (unpaired) electrons. The summed E-state index contributed by atoms with van der Waals surface area (Å²) in [4.78, 5) is 24.3. The van der Waals surface area contributed by atoms with E-state index >= 15 is 0 Å². The molecule has 126 valence electrons. The topological polar surface area (TPSA) is 83.8 Å². The third kappa shape index (κ3) is 2.52. The van der Waals surface area contributed by atoms with Gasteiger partial charge in [0.15, 0.2) is 19.9 Å². The van der Waals surface area contributed by atoms with E-state index in [4.69, 9.17) is 4.43 Å². The van der Waals surface area contributed by atoms with Crippen molar-refractivity contribution in [3.05, 3.63) is 46.1 Å². The molecule has 1 aromatic rings. The zero-order valence-corrected chi connectivity index (χ0v) is 15.1. The summed E-state index contributed by atoms with van der Waals surface area (Å²) in [6, 6.07) is 0. The van der Waals surface area contributed by atoms with Gasteiger partial charge in [-0.2, -0.15) is 0 Å². The molecule has 2 N–H and O–H groups in total. The van der Waals surface area contributed by atoms with E-state index in [-0.39, 0.29) is 22.6 Å². The summed E-state index contributed by atoms with van der Waals surface area (Å²) in [5.41, 5.74) is 1.54. The van der Waals surface area contributed by atoms with Gasteiger partial charge in [-0.1, -0.05) is 6.08 Å². The Morgan fingerprint density at radius 3 is 2.12 bits per heavy atom. The molecule has 1 atom stereocenters. The number of phenolic OH excluding ortho intramolecular Hbond substituents is 2. The van der Waals surface area contributed by atoms with Gasteiger partial charge in [-0.05, 0) is 50.7 Å². The molecule has 0 saturated heterocycles. The predicted octanol–water partition coefficient (Wildman–Crippen LogP) is 3.43. The van der Waals surface area contributed by atoms with E-state index in [9.17, 15) is 19.8 Å². The van der Waals surface area contributed by atoms with Crippen molar-refractivity contribution in [1.82, 2.24) is 0 Å². The molecule has 6 heteroatoms. The lowest BCUT2D eigenvalue weighted by Crippen LogP contribution is -2.30. The van der Waals surface area contributed by atoms with Gasteiger partial charge in [-0.3, -0.25) is 9.59 Å². The number of phenols is 2. The molecule has 0 amide bonds. The maximum Gasteiger partial charge on any atom is 0.190 e. The zero-order chi connectivity index (χ0) is 17.8. The molecule has 0 heterocycles. The summed E-state index contributed by atoms with van der Waals surface area (Å²) in [6.45, 7) is 7.99. The lowest BCUT2D eigenvalue weighted by molar-refractivity contribution is 0.0988. The minimum atomic E-state index is -1.96. The van der Waals surface area contributed by atoms with Gasteiger partial charge in [-0.25, -0.2) is 0 Å². The second-order valence-electron chi connectivity index (χ2n) is 7.16. The normalized spacial score (nSPS) is 19.8. The van der Waals surface area contributed by atoms with E-state index in [1.165, 1.54) is 0 Å². The second-order valence-corrected chi connectivity index (χ2v) is 11.6. The molecule has 2 aliphatic carbocycles. The lowest BCUT2D eigenvalue weighted by Gasteiger charge is -2.33. The Bertz CT molecular complexity index is 827. The Labute approximate surface area is 141 Å². The van der Waals surface area contributed by atoms with Crippen molar-refractivity contribution in [2.24, 2.45) is 0 Å². The average molecular weight is 344 g/mol. The standard InChI is InChI=1S/C18H20O5Si/c1-9-5-6-10-13(18(9)23-24(2,3)4)17(22)15-12(20)8-7-11(19)14(15)16(10)21/h5,7-8,18,21-22H,6H2,1-4H3. The smallest absolute Gasteiger partial charge is 0.190 e. The SMILES string of the molecule is CC1=CCc2c(O)c3c(c(O)c2C1O[Si](C)(C)C)C(=O)C=CC3=O. The van der Waals surface area contributed by atoms with E-state index < -0.39 is 26.0 Å². The highest BCUT2D eigenvalue weighted by Gasteiger charge is 2.37. The summed E-state index contributed by atoms with van der Waals surface area (Å²) >= 11 is 0. The summed E-state index contributed by atoms with van der Waals surface area (Å²) in [6.07, 6.45) is 4.02. The second kappa shape index (κ2) is 5.43. The van der Waals surface area contributed by atoms with Gasteiger partial charge in [-0.15, -0.1) is 0 Å². The number of hydrogen-bond donors (Lipinski definition) is 2. The number of benzene rings is 1. The Morgan fingerprint density at radius 2 is 1.58 bits per heavy atom. The fourth-order valence-corrected chi connectivity index (χ4v) is 4.19. The molecule has 0 aliphatic heterocycles. The quantitative estimate of drug-likeness (QED) is 0.488. The van der Waals surface area contributed by atoms with Crippen LogP contribution in [0.2, 0.25) is 19.6 Å². The maximum atomic E-state index is 12.2. The number of rotatable bonds is 2. The van der Waals surface area contributed by atoms with Crippen LogP contribution in [0.15, 0.2) is 23.8 Å². The molecule has 1 unspecified atom stereocenters. The van der Waals surface area contributed by atoms with E-state index in [0.717, 1.165) is 17.7 Å². The van der Waals surface area contributed by atoms with Crippen molar-refractivity contribution in [3.63, 3.8) is 0 Å². The molecule has 0 aromatic heterocycles. The van der Waals surface area contributed by atoms with Crippen LogP contribution in [-0.4, -0.2) is 30.1 Å². The molecular formula is C18H20O5Si. The first-order chi connectivity index (χ1) is 11.1. The number of fused-ring (bicyclic) bond motifs is 2. The number of carbonyl (C=O) groups is 2. The number of ketones is 2. The minimum absolute atomic E-state index is 0.113. The summed E-state index contributed by atoms with van der Waals surface area (Å²) in [5, 5.41) is 21.4. The third-order valence-corrected chi connectivity index (χ3v) is 5.19. The molecule has 24 heavy (non-hydrogen) atoms. The van der Waals surface area contributed by atoms with Gasteiger partial charge >= 0.3 is 0 Å². The Morgan fingerprint density at radius 1 is 1.04 bits per heavy atom. The molecule has 3 rings (SSSR count). The molecular weight excluding hydrogens is 324 g/mol. The molecule has 5 nitrogen and oxygen atoms in total. The third-order valence-electron chi connectivity index (χ3n) is 4.24. The van der Waals surface area contributed by atoms with Crippen LogP contribution in [0.3, 0.4) is 0 Å². The highest BCUT2D eigenvalue weighted by molar-refractivity contribution is 6.69. The molecule has 0 bridgehead atoms. The van der Waals surface area contributed by atoms with Crippen LogP contribution in [0.1, 0.15) is 44.9 Å². The van der Waals surface area contributed by atoms with Gasteiger partial charge in [0.25, 0.3) is 0 Å². The molecule has 1 aromatic carbocycles. The van der Waals surface area contributed by atoms with Crippen molar-refractivity contribution in [1.29, 1.82) is 0 Å². The molecule has 0 spiro atoms. The first-order valence-electron chi connectivity index (χ1n) is 7.83. The fourth-order valence-electron chi connectivity index (χ4n) is 3.18. The molecule has 0 fully saturated rings. The minimum Gasteiger partial charge on any atom is -0.507 e. The van der Waals surface area contributed by atoms with Crippen LogP contribution in [0, 0.1) is 0 Å². The van der Waals surface area contributed by atoms with Gasteiger partial charge in [0, 0.05) is 11.1 Å². The number of allylic oxidation sites excluding steroid dienone is 3. The maximum absolute atomic E-state index is 12.2. The van der Waals surface area contributed by atoms with Crippen LogP contribution < -0.4 is 0 Å². The monoisotopic (exact) mass is 344 g/mol. The highest BCUT2D eigenvalue weighted by atomic mass is 28.4. The van der Waals surface area contributed by atoms with E-state index in [0.29, 0.717) is 17.5 Å². The summed E-state index contributed by atoms with van der Waals surface area (Å²) in [7, 11) is -1.96. The van der Waals surface area contributed by atoms with E-state index in [1.54, 1.807) is 0 Å². The Balaban J connectivity index is 2.30. The summed E-state index contributed by atoms with van der Waals surface area (Å²) in [5.74, 6) is -1.45. The van der Waals surface area contributed by atoms with Gasteiger partial charge in [0.05, 0.1) is 17.2 Å². The van der Waals surface area contributed by atoms with E-state index in [2.05, 4.69) is 0 Å². The van der Waals surface area contributed by atoms with Crippen LogP contribution in [0.4, 0.5) is 0 Å². The van der Waals surface area contributed by atoms with Crippen molar-refractivity contribution in [2.45, 2.75) is 39.1 Å². The number of hydrogen-bond acceptors (Lipinski definition) is 5. The van der Waals surface area contributed by atoms with Gasteiger partial charge < -0.3 is 14.6 Å². The van der Waals surface area contributed by atoms with Crippen molar-refractivity contribution in [3.8, 4) is 11.5 Å². The van der Waals surface area contributed by atoms with Crippen molar-refractivity contribution >= 4 is 19.9 Å². The van der Waals surface area contributed by atoms with Crippen molar-refractivity contribution in [2.75, 3.05) is 0 Å². The number of carbonyl (C=O) groups excluding carboxylic acids is 2. The van der Waals surface area contributed by atoms with Crippen LogP contribution in [-0.2, 0) is 10.8 Å². The van der Waals surface area contributed by atoms with Crippen molar-refractivity contribution < 1.29 is 24.2 Å². The first kappa shape index (κ1) is 16.7. The van der Waals surface area contributed by atoms with Crippen LogP contribution in [0.25, 0.3) is 0 Å². The largest absolute Gasteiger partial charge is 0.507 e. The Kier molecular flexibility index (Phi) is 3.77. The highest BCUT2D eigenvalue weighted by Crippen LogP contribution is 2.48. The molecule has 2 aliphatic rings. The summed E-state index contributed by atoms with van der Waals surface area (Å²) < 4.78 is 6.19. The predicted molar refractivity (Wildman–Crippen MR) is 92.2 cm³/mol. The first-order valence-corrected chi connectivity index (χ1v) is 11.2. The van der Waals surface area contributed by atoms with Gasteiger partial charge in [0.2, 0.25) is 0 Å². The average Bonchev–Trinajstić information content (AvgIpc) is 2.47.